The Labute approximate surface area is 115 Å². The normalized spacial score (nSPS) is 10.6. The summed E-state index contributed by atoms with van der Waals surface area (Å²) >= 11 is 0. The number of aromatic nitrogens is 2. The lowest BCUT2D eigenvalue weighted by atomic mass is 10.1. The second-order valence-corrected chi connectivity index (χ2v) is 4.26. The summed E-state index contributed by atoms with van der Waals surface area (Å²) in [5, 5.41) is 13.3. The molecule has 0 bridgehead atoms. The standard InChI is InChI=1S/C15H12N2O3/c18-13(19)10-20-15-12-8-4-5-9-17(12)16-14(15)11-6-2-1-3-7-11/h1-9H,10H2,(H,18,19). The average molecular weight is 268 g/mol. The van der Waals surface area contributed by atoms with E-state index >= 15 is 0 Å². The van der Waals surface area contributed by atoms with Crippen molar-refractivity contribution in [2.24, 2.45) is 0 Å². The van der Waals surface area contributed by atoms with E-state index in [-0.39, 0.29) is 0 Å². The zero-order valence-electron chi connectivity index (χ0n) is 10.6. The maximum absolute atomic E-state index is 10.7. The number of aliphatic carboxylic acids is 1. The molecule has 0 aliphatic carbocycles. The van der Waals surface area contributed by atoms with E-state index in [4.69, 9.17) is 9.84 Å². The molecule has 0 amide bonds. The van der Waals surface area contributed by atoms with Gasteiger partial charge in [0.2, 0.25) is 0 Å². The minimum atomic E-state index is -1.01. The second-order valence-electron chi connectivity index (χ2n) is 4.26. The van der Waals surface area contributed by atoms with Gasteiger partial charge < -0.3 is 9.84 Å². The predicted octanol–water partition coefficient (Wildman–Crippen LogP) is 2.46. The fourth-order valence-electron chi connectivity index (χ4n) is 2.04. The number of pyridine rings is 1. The van der Waals surface area contributed by atoms with Crippen LogP contribution in [-0.2, 0) is 4.79 Å². The van der Waals surface area contributed by atoms with Crippen LogP contribution in [-0.4, -0.2) is 27.3 Å². The molecule has 2 heterocycles. The molecule has 1 aromatic carbocycles. The summed E-state index contributed by atoms with van der Waals surface area (Å²) in [6.07, 6.45) is 1.80. The summed E-state index contributed by atoms with van der Waals surface area (Å²) in [4.78, 5) is 10.7. The van der Waals surface area contributed by atoms with Gasteiger partial charge in [-0.1, -0.05) is 36.4 Å². The third-order valence-electron chi connectivity index (χ3n) is 2.88. The molecule has 2 aromatic heterocycles. The van der Waals surface area contributed by atoms with E-state index < -0.39 is 12.6 Å². The van der Waals surface area contributed by atoms with Crippen molar-refractivity contribution in [3.05, 3.63) is 54.7 Å². The molecule has 0 saturated carbocycles. The molecule has 20 heavy (non-hydrogen) atoms. The molecule has 0 radical (unpaired) electrons. The van der Waals surface area contributed by atoms with Gasteiger partial charge in [0, 0.05) is 11.8 Å². The van der Waals surface area contributed by atoms with E-state index in [2.05, 4.69) is 5.10 Å². The van der Waals surface area contributed by atoms with Crippen molar-refractivity contribution >= 4 is 11.5 Å². The topological polar surface area (TPSA) is 63.8 Å². The van der Waals surface area contributed by atoms with Gasteiger partial charge >= 0.3 is 5.97 Å². The molecule has 0 atom stereocenters. The zero-order valence-corrected chi connectivity index (χ0v) is 10.6. The van der Waals surface area contributed by atoms with E-state index in [1.807, 2.05) is 48.5 Å². The van der Waals surface area contributed by atoms with Gasteiger partial charge in [0.15, 0.2) is 12.4 Å². The van der Waals surface area contributed by atoms with Crippen LogP contribution < -0.4 is 4.74 Å². The first-order valence-corrected chi connectivity index (χ1v) is 6.13. The van der Waals surface area contributed by atoms with Gasteiger partial charge in [-0.2, -0.15) is 5.10 Å². The van der Waals surface area contributed by atoms with E-state index in [9.17, 15) is 4.79 Å². The van der Waals surface area contributed by atoms with Gasteiger partial charge in [-0.25, -0.2) is 9.31 Å². The van der Waals surface area contributed by atoms with Crippen LogP contribution in [0.3, 0.4) is 0 Å². The first-order chi connectivity index (χ1) is 9.75. The monoisotopic (exact) mass is 268 g/mol. The third-order valence-corrected chi connectivity index (χ3v) is 2.88. The maximum Gasteiger partial charge on any atom is 0.341 e. The van der Waals surface area contributed by atoms with Gasteiger partial charge in [0.1, 0.15) is 11.2 Å². The zero-order chi connectivity index (χ0) is 13.9. The molecule has 3 rings (SSSR count). The van der Waals surface area contributed by atoms with Crippen LogP contribution >= 0.6 is 0 Å². The van der Waals surface area contributed by atoms with Gasteiger partial charge in [0.05, 0.1) is 0 Å². The van der Waals surface area contributed by atoms with Crippen LogP contribution in [0.4, 0.5) is 0 Å². The number of ether oxygens (including phenoxy) is 1. The number of hydrogen-bond donors (Lipinski definition) is 1. The van der Waals surface area contributed by atoms with E-state index in [0.717, 1.165) is 11.1 Å². The number of carboxylic acids is 1. The molecule has 0 aliphatic heterocycles. The van der Waals surface area contributed by atoms with Crippen molar-refractivity contribution in [3.63, 3.8) is 0 Å². The van der Waals surface area contributed by atoms with Crippen molar-refractivity contribution in [1.82, 2.24) is 9.61 Å². The molecule has 5 nitrogen and oxygen atoms in total. The predicted molar refractivity (Wildman–Crippen MR) is 73.8 cm³/mol. The maximum atomic E-state index is 10.7. The van der Waals surface area contributed by atoms with Crippen LogP contribution in [0.25, 0.3) is 16.8 Å². The minimum absolute atomic E-state index is 0.393. The van der Waals surface area contributed by atoms with Crippen molar-refractivity contribution in [2.45, 2.75) is 0 Å². The summed E-state index contributed by atoms with van der Waals surface area (Å²) in [5.74, 6) is -0.529. The van der Waals surface area contributed by atoms with E-state index in [1.165, 1.54) is 0 Å². The van der Waals surface area contributed by atoms with E-state index in [0.29, 0.717) is 11.4 Å². The molecule has 0 fully saturated rings. The third kappa shape index (κ3) is 2.21. The van der Waals surface area contributed by atoms with Gasteiger partial charge in [0.25, 0.3) is 0 Å². The largest absolute Gasteiger partial charge is 0.479 e. The summed E-state index contributed by atoms with van der Waals surface area (Å²) in [5.41, 5.74) is 2.27. The Balaban J connectivity index is 2.15. The first kappa shape index (κ1) is 12.2. The van der Waals surface area contributed by atoms with Crippen molar-refractivity contribution in [3.8, 4) is 17.0 Å². The SMILES string of the molecule is O=C(O)COc1c(-c2ccccc2)nn2ccccc12. The Hall–Kier alpha value is -2.82. The van der Waals surface area contributed by atoms with Crippen LogP contribution in [0.1, 0.15) is 0 Å². The van der Waals surface area contributed by atoms with Crippen LogP contribution in [0.15, 0.2) is 54.7 Å². The lowest BCUT2D eigenvalue weighted by Gasteiger charge is -2.04. The number of nitrogens with zero attached hydrogens (tertiary/aromatic N) is 2. The Morgan fingerprint density at radius 3 is 2.65 bits per heavy atom. The number of rotatable bonds is 4. The average Bonchev–Trinajstić information content (AvgIpc) is 2.84. The summed E-state index contributed by atoms with van der Waals surface area (Å²) in [6, 6.07) is 15.1. The molecular formula is C15H12N2O3. The highest BCUT2D eigenvalue weighted by Crippen LogP contribution is 2.32. The van der Waals surface area contributed by atoms with Gasteiger partial charge in [-0.15, -0.1) is 0 Å². The molecule has 0 aliphatic rings. The molecule has 0 unspecified atom stereocenters. The van der Waals surface area contributed by atoms with Gasteiger partial charge in [-0.3, -0.25) is 0 Å². The Morgan fingerprint density at radius 1 is 1.15 bits per heavy atom. The Morgan fingerprint density at radius 2 is 1.90 bits per heavy atom. The van der Waals surface area contributed by atoms with Gasteiger partial charge in [-0.05, 0) is 12.1 Å². The molecule has 0 saturated heterocycles. The molecule has 5 heteroatoms. The van der Waals surface area contributed by atoms with E-state index in [1.54, 1.807) is 10.7 Å². The lowest BCUT2D eigenvalue weighted by Crippen LogP contribution is -2.09. The smallest absolute Gasteiger partial charge is 0.341 e. The number of fused-ring (bicyclic) bond motifs is 1. The number of carboxylic acid groups (broad SMARTS) is 1. The summed E-state index contributed by atoms with van der Waals surface area (Å²) in [7, 11) is 0. The Kier molecular flexibility index (Phi) is 3.09. The van der Waals surface area contributed by atoms with Crippen LogP contribution in [0, 0.1) is 0 Å². The molecule has 100 valence electrons. The highest BCUT2D eigenvalue weighted by molar-refractivity contribution is 5.78. The highest BCUT2D eigenvalue weighted by Gasteiger charge is 2.16. The van der Waals surface area contributed by atoms with Crippen LogP contribution in [0.2, 0.25) is 0 Å². The quantitative estimate of drug-likeness (QED) is 0.789. The second kappa shape index (κ2) is 5.05. The molecule has 1 N–H and O–H groups in total. The molecular weight excluding hydrogens is 256 g/mol. The summed E-state index contributed by atoms with van der Waals surface area (Å²) in [6.45, 7) is -0.393. The van der Waals surface area contributed by atoms with Crippen molar-refractivity contribution in [2.75, 3.05) is 6.61 Å². The number of benzene rings is 1. The number of hydrogen-bond acceptors (Lipinski definition) is 3. The minimum Gasteiger partial charge on any atom is -0.479 e. The fourth-order valence-corrected chi connectivity index (χ4v) is 2.04. The Bertz CT molecular complexity index is 750. The van der Waals surface area contributed by atoms with Crippen molar-refractivity contribution in [1.29, 1.82) is 0 Å². The fraction of sp³-hybridized carbons (Fsp3) is 0.0667. The summed E-state index contributed by atoms with van der Waals surface area (Å²) < 4.78 is 7.10. The highest BCUT2D eigenvalue weighted by atomic mass is 16.5. The number of carbonyl (C=O) groups is 1. The first-order valence-electron chi connectivity index (χ1n) is 6.13. The van der Waals surface area contributed by atoms with Crippen molar-refractivity contribution < 1.29 is 14.6 Å². The molecule has 3 aromatic rings. The molecule has 0 spiro atoms. The van der Waals surface area contributed by atoms with Crippen LogP contribution in [0.5, 0.6) is 5.75 Å². The lowest BCUT2D eigenvalue weighted by molar-refractivity contribution is -0.139.